The van der Waals surface area contributed by atoms with E-state index in [-0.39, 0.29) is 24.0 Å². The predicted molar refractivity (Wildman–Crippen MR) is 140 cm³/mol. The lowest BCUT2D eigenvalue weighted by atomic mass is 9.86. The van der Waals surface area contributed by atoms with Crippen LogP contribution in [0, 0.1) is 11.3 Å². The fraction of sp³-hybridized carbons (Fsp3) is 0.179. The number of nitriles is 1. The lowest BCUT2D eigenvalue weighted by Gasteiger charge is -2.26. The van der Waals surface area contributed by atoms with E-state index in [0.29, 0.717) is 34.4 Å². The normalized spacial score (nSPS) is 15.0. The fourth-order valence-electron chi connectivity index (χ4n) is 3.82. The molecule has 0 aliphatic carbocycles. The number of ether oxygens (including phenoxy) is 2. The third kappa shape index (κ3) is 6.26. The summed E-state index contributed by atoms with van der Waals surface area (Å²) in [6, 6.07) is 26.1. The lowest BCUT2D eigenvalue weighted by Crippen LogP contribution is -2.31. The van der Waals surface area contributed by atoms with E-state index in [1.54, 1.807) is 24.3 Å². The first-order chi connectivity index (χ1) is 17.6. The zero-order valence-corrected chi connectivity index (χ0v) is 20.5. The van der Waals surface area contributed by atoms with Crippen LogP contribution in [0.5, 0.6) is 17.2 Å². The Morgan fingerprint density at radius 2 is 1.75 bits per heavy atom. The summed E-state index contributed by atoms with van der Waals surface area (Å²) in [5.74, 6) is 1.16. The predicted octanol–water partition coefficient (Wildman–Crippen LogP) is 5.59. The average molecular weight is 500 g/mol. The minimum Gasteiger partial charge on any atom is -0.494 e. The van der Waals surface area contributed by atoms with E-state index in [0.717, 1.165) is 23.1 Å². The van der Waals surface area contributed by atoms with Crippen molar-refractivity contribution in [3.05, 3.63) is 95.0 Å². The maximum Gasteiger partial charge on any atom is 0.234 e. The van der Waals surface area contributed by atoms with Crippen LogP contribution in [-0.2, 0) is 9.59 Å². The summed E-state index contributed by atoms with van der Waals surface area (Å²) < 4.78 is 11.5. The van der Waals surface area contributed by atoms with Crippen LogP contribution >= 0.6 is 11.8 Å². The molecule has 4 rings (SSSR count). The molecule has 1 atom stereocenters. The van der Waals surface area contributed by atoms with Gasteiger partial charge in [0.2, 0.25) is 11.8 Å². The first kappa shape index (κ1) is 24.9. The first-order valence-electron chi connectivity index (χ1n) is 11.5. The molecule has 3 aromatic rings. The minimum atomic E-state index is -0.436. The number of hydrogen-bond acceptors (Lipinski definition) is 6. The molecule has 182 valence electrons. The van der Waals surface area contributed by atoms with Gasteiger partial charge in [-0.2, -0.15) is 5.26 Å². The number of benzene rings is 3. The van der Waals surface area contributed by atoms with E-state index < -0.39 is 5.92 Å². The average Bonchev–Trinajstić information content (AvgIpc) is 2.89. The van der Waals surface area contributed by atoms with Crippen LogP contribution in [0.4, 0.5) is 5.69 Å². The van der Waals surface area contributed by atoms with Crippen molar-refractivity contribution in [3.8, 4) is 23.3 Å². The smallest absolute Gasteiger partial charge is 0.234 e. The molecule has 1 heterocycles. The SMILES string of the molecule is CCOc1ccccc1[C@@H]1CC(=O)NC(SCC(=O)Nc2ccc(Oc3ccccc3)cc2)=C1C#N. The van der Waals surface area contributed by atoms with Crippen LogP contribution in [0.1, 0.15) is 24.8 Å². The van der Waals surface area contributed by atoms with Gasteiger partial charge in [-0.25, -0.2) is 0 Å². The van der Waals surface area contributed by atoms with Crippen LogP contribution in [0.15, 0.2) is 89.5 Å². The highest BCUT2D eigenvalue weighted by atomic mass is 32.2. The third-order valence-electron chi connectivity index (χ3n) is 5.41. The Morgan fingerprint density at radius 1 is 1.06 bits per heavy atom. The van der Waals surface area contributed by atoms with Gasteiger partial charge in [0.05, 0.1) is 29.0 Å². The van der Waals surface area contributed by atoms with Gasteiger partial charge in [-0.05, 0) is 49.4 Å². The highest BCUT2D eigenvalue weighted by Crippen LogP contribution is 2.39. The molecule has 0 spiro atoms. The molecule has 0 aromatic heterocycles. The Labute approximate surface area is 214 Å². The summed E-state index contributed by atoms with van der Waals surface area (Å²) >= 11 is 1.13. The highest BCUT2D eigenvalue weighted by molar-refractivity contribution is 8.03. The zero-order valence-electron chi connectivity index (χ0n) is 19.7. The number of rotatable bonds is 9. The molecule has 2 N–H and O–H groups in total. The van der Waals surface area contributed by atoms with Gasteiger partial charge in [0, 0.05) is 23.6 Å². The number of thioether (sulfide) groups is 1. The number of nitrogens with one attached hydrogen (secondary N) is 2. The second-order valence-corrected chi connectivity index (χ2v) is 8.89. The molecule has 1 aliphatic heterocycles. The van der Waals surface area contributed by atoms with Crippen molar-refractivity contribution in [1.82, 2.24) is 5.32 Å². The lowest BCUT2D eigenvalue weighted by molar-refractivity contribution is -0.121. The summed E-state index contributed by atoms with van der Waals surface area (Å²) in [4.78, 5) is 25.1. The number of anilines is 1. The van der Waals surface area contributed by atoms with Gasteiger partial charge >= 0.3 is 0 Å². The molecule has 0 saturated heterocycles. The van der Waals surface area contributed by atoms with Crippen LogP contribution in [0.2, 0.25) is 0 Å². The molecular weight excluding hydrogens is 474 g/mol. The molecule has 0 saturated carbocycles. The second kappa shape index (κ2) is 12.0. The zero-order chi connectivity index (χ0) is 25.3. The van der Waals surface area contributed by atoms with Crippen molar-refractivity contribution in [1.29, 1.82) is 5.26 Å². The standard InChI is InChI=1S/C28H25N3O4S/c1-2-34-25-11-7-6-10-22(25)23-16-26(32)31-28(24(23)17-29)36-18-27(33)30-19-12-14-21(15-13-19)35-20-8-4-3-5-9-20/h3-15,23H,2,16,18H2,1H3,(H,30,33)(H,31,32)/t23-/m0/s1. The number of allylic oxidation sites excluding steroid dienone is 1. The molecule has 1 aliphatic rings. The number of amides is 2. The fourth-order valence-corrected chi connectivity index (χ4v) is 4.70. The van der Waals surface area contributed by atoms with E-state index in [1.807, 2.05) is 61.5 Å². The number of hydrogen-bond donors (Lipinski definition) is 2. The van der Waals surface area contributed by atoms with Crippen molar-refractivity contribution in [2.24, 2.45) is 0 Å². The van der Waals surface area contributed by atoms with Gasteiger partial charge in [0.25, 0.3) is 0 Å². The monoisotopic (exact) mass is 499 g/mol. The van der Waals surface area contributed by atoms with Crippen LogP contribution in [0.3, 0.4) is 0 Å². The van der Waals surface area contributed by atoms with Crippen LogP contribution < -0.4 is 20.1 Å². The number of para-hydroxylation sites is 2. The topological polar surface area (TPSA) is 100 Å². The van der Waals surface area contributed by atoms with E-state index in [4.69, 9.17) is 9.47 Å². The van der Waals surface area contributed by atoms with Crippen LogP contribution in [0.25, 0.3) is 0 Å². The van der Waals surface area contributed by atoms with E-state index in [9.17, 15) is 14.9 Å². The largest absolute Gasteiger partial charge is 0.494 e. The second-order valence-electron chi connectivity index (χ2n) is 7.91. The molecule has 8 heteroatoms. The molecular formula is C28H25N3O4S. The molecule has 36 heavy (non-hydrogen) atoms. The Balaban J connectivity index is 1.41. The van der Waals surface area contributed by atoms with Gasteiger partial charge in [-0.15, -0.1) is 0 Å². The molecule has 0 fully saturated rings. The number of carbonyl (C=O) groups is 2. The van der Waals surface area contributed by atoms with E-state index in [1.165, 1.54) is 0 Å². The van der Waals surface area contributed by atoms with Crippen molar-refractivity contribution >= 4 is 29.3 Å². The van der Waals surface area contributed by atoms with E-state index >= 15 is 0 Å². The molecule has 0 unspecified atom stereocenters. The number of nitrogens with zero attached hydrogens (tertiary/aromatic N) is 1. The van der Waals surface area contributed by atoms with Gasteiger partial charge < -0.3 is 20.1 Å². The number of carbonyl (C=O) groups excluding carboxylic acids is 2. The Hall–Kier alpha value is -4.22. The van der Waals surface area contributed by atoms with Gasteiger partial charge in [0.1, 0.15) is 17.2 Å². The molecule has 0 bridgehead atoms. The quantitative estimate of drug-likeness (QED) is 0.398. The summed E-state index contributed by atoms with van der Waals surface area (Å²) in [5, 5.41) is 15.9. The summed E-state index contributed by atoms with van der Waals surface area (Å²) in [5.41, 5.74) is 1.82. The summed E-state index contributed by atoms with van der Waals surface area (Å²) in [7, 11) is 0. The third-order valence-corrected chi connectivity index (χ3v) is 6.43. The molecule has 2 amide bonds. The Bertz CT molecular complexity index is 1300. The van der Waals surface area contributed by atoms with Crippen molar-refractivity contribution in [2.75, 3.05) is 17.7 Å². The van der Waals surface area contributed by atoms with Crippen molar-refractivity contribution < 1.29 is 19.1 Å². The minimum absolute atomic E-state index is 0.0306. The first-order valence-corrected chi connectivity index (χ1v) is 12.5. The maximum atomic E-state index is 12.6. The van der Waals surface area contributed by atoms with E-state index in [2.05, 4.69) is 16.7 Å². The molecule has 0 radical (unpaired) electrons. The van der Waals surface area contributed by atoms with Crippen molar-refractivity contribution in [2.45, 2.75) is 19.3 Å². The summed E-state index contributed by atoms with van der Waals surface area (Å²) in [6.07, 6.45) is 0.140. The highest BCUT2D eigenvalue weighted by Gasteiger charge is 2.31. The maximum absolute atomic E-state index is 12.6. The Kier molecular flexibility index (Phi) is 8.27. The van der Waals surface area contributed by atoms with Gasteiger partial charge in [0.15, 0.2) is 0 Å². The van der Waals surface area contributed by atoms with Gasteiger partial charge in [-0.3, -0.25) is 9.59 Å². The molecule has 7 nitrogen and oxygen atoms in total. The van der Waals surface area contributed by atoms with Crippen LogP contribution in [-0.4, -0.2) is 24.2 Å². The van der Waals surface area contributed by atoms with Gasteiger partial charge in [-0.1, -0.05) is 48.2 Å². The van der Waals surface area contributed by atoms with Crippen molar-refractivity contribution in [3.63, 3.8) is 0 Å². The Morgan fingerprint density at radius 3 is 2.47 bits per heavy atom. The molecule has 3 aromatic carbocycles. The summed E-state index contributed by atoms with van der Waals surface area (Å²) in [6.45, 7) is 2.36.